The Morgan fingerprint density at radius 3 is 2.83 bits per heavy atom. The lowest BCUT2D eigenvalue weighted by Crippen LogP contribution is -2.37. The van der Waals surface area contributed by atoms with Crippen molar-refractivity contribution in [3.63, 3.8) is 0 Å². The van der Waals surface area contributed by atoms with E-state index in [1.807, 2.05) is 36.2 Å². The first-order valence-electron chi connectivity index (χ1n) is 9.87. The fourth-order valence-electron chi connectivity index (χ4n) is 3.86. The Kier molecular flexibility index (Phi) is 6.30. The first-order chi connectivity index (χ1) is 14.6. The van der Waals surface area contributed by atoms with Gasteiger partial charge in [0.1, 0.15) is 11.5 Å². The second-order valence-electron chi connectivity index (χ2n) is 7.29. The molecule has 0 saturated carbocycles. The van der Waals surface area contributed by atoms with Gasteiger partial charge in [-0.25, -0.2) is 4.79 Å². The highest BCUT2D eigenvalue weighted by molar-refractivity contribution is 7.98. The lowest BCUT2D eigenvalue weighted by Gasteiger charge is -2.29. The van der Waals surface area contributed by atoms with Crippen molar-refractivity contribution in [2.75, 3.05) is 12.3 Å². The first-order valence-corrected chi connectivity index (χ1v) is 11.0. The summed E-state index contributed by atoms with van der Waals surface area (Å²) < 4.78 is 4.72. The predicted molar refractivity (Wildman–Crippen MR) is 120 cm³/mol. The number of fused-ring (bicyclic) bond motifs is 1. The average Bonchev–Trinajstić information content (AvgIpc) is 3.14. The third-order valence-electron chi connectivity index (χ3n) is 5.33. The van der Waals surface area contributed by atoms with Crippen LogP contribution in [0.15, 0.2) is 60.8 Å². The zero-order valence-electron chi connectivity index (χ0n) is 16.4. The monoisotopic (exact) mass is 424 g/mol. The second-order valence-corrected chi connectivity index (χ2v) is 8.40. The molecule has 0 saturated heterocycles. The third kappa shape index (κ3) is 4.80. The standard InChI is InChI=1S/C23H24N2O4S/c26-17-5-3-15(4-6-17)19-2-1-10-24-21(19)9-11-30-14-16-13-25-22-12-18(29-23(27)28)7-8-20(16)22/h1-8,12-13,19,21,24-26H,9-11,14H2,(H,27,28). The number of carbonyl (C=O) groups is 1. The topological polar surface area (TPSA) is 94.6 Å². The van der Waals surface area contributed by atoms with Crippen molar-refractivity contribution < 1.29 is 19.7 Å². The van der Waals surface area contributed by atoms with Gasteiger partial charge in [0.25, 0.3) is 0 Å². The molecular formula is C23H24N2O4S. The molecule has 0 spiro atoms. The minimum atomic E-state index is -1.31. The van der Waals surface area contributed by atoms with Crippen molar-refractivity contribution >= 4 is 28.8 Å². The van der Waals surface area contributed by atoms with E-state index < -0.39 is 6.16 Å². The van der Waals surface area contributed by atoms with Crippen LogP contribution in [0.1, 0.15) is 23.5 Å². The maximum Gasteiger partial charge on any atom is 0.511 e. The highest BCUT2D eigenvalue weighted by Gasteiger charge is 2.22. The molecule has 4 N–H and O–H groups in total. The summed E-state index contributed by atoms with van der Waals surface area (Å²) in [5.41, 5.74) is 3.28. The van der Waals surface area contributed by atoms with E-state index in [1.54, 1.807) is 24.3 Å². The number of hydrogen-bond acceptors (Lipinski definition) is 5. The van der Waals surface area contributed by atoms with Crippen LogP contribution in [-0.2, 0) is 5.75 Å². The van der Waals surface area contributed by atoms with Crippen LogP contribution in [0.5, 0.6) is 11.5 Å². The van der Waals surface area contributed by atoms with E-state index in [2.05, 4.69) is 22.5 Å². The number of H-pyrrole nitrogens is 1. The Morgan fingerprint density at radius 2 is 2.03 bits per heavy atom. The van der Waals surface area contributed by atoms with Gasteiger partial charge in [0, 0.05) is 47.4 Å². The summed E-state index contributed by atoms with van der Waals surface area (Å²) in [5.74, 6) is 2.81. The van der Waals surface area contributed by atoms with Gasteiger partial charge in [-0.05, 0) is 47.6 Å². The number of nitrogens with one attached hydrogen (secondary N) is 2. The quantitative estimate of drug-likeness (QED) is 0.187. The zero-order valence-corrected chi connectivity index (χ0v) is 17.2. The Hall–Kier alpha value is -2.90. The second kappa shape index (κ2) is 9.28. The summed E-state index contributed by atoms with van der Waals surface area (Å²) in [7, 11) is 0. The van der Waals surface area contributed by atoms with Crippen molar-refractivity contribution in [2.24, 2.45) is 0 Å². The number of phenols is 1. The van der Waals surface area contributed by atoms with E-state index in [-0.39, 0.29) is 0 Å². The van der Waals surface area contributed by atoms with Gasteiger partial charge in [-0.2, -0.15) is 11.8 Å². The highest BCUT2D eigenvalue weighted by atomic mass is 32.2. The molecule has 0 bridgehead atoms. The fraction of sp³-hybridized carbons (Fsp3) is 0.261. The van der Waals surface area contributed by atoms with E-state index >= 15 is 0 Å². The molecule has 2 aromatic carbocycles. The van der Waals surface area contributed by atoms with Crippen LogP contribution in [-0.4, -0.2) is 39.7 Å². The molecule has 4 rings (SSSR count). The van der Waals surface area contributed by atoms with Crippen molar-refractivity contribution in [1.29, 1.82) is 0 Å². The third-order valence-corrected chi connectivity index (χ3v) is 6.37. The average molecular weight is 425 g/mol. The van der Waals surface area contributed by atoms with Gasteiger partial charge in [-0.15, -0.1) is 0 Å². The molecule has 0 radical (unpaired) electrons. The largest absolute Gasteiger partial charge is 0.511 e. The maximum absolute atomic E-state index is 10.7. The van der Waals surface area contributed by atoms with Gasteiger partial charge in [-0.3, -0.25) is 0 Å². The summed E-state index contributed by atoms with van der Waals surface area (Å²) in [6.45, 7) is 0.882. The van der Waals surface area contributed by atoms with Gasteiger partial charge >= 0.3 is 6.16 Å². The Bertz CT molecular complexity index is 1050. The molecule has 1 aliphatic heterocycles. The van der Waals surface area contributed by atoms with Crippen LogP contribution < -0.4 is 10.1 Å². The molecule has 2 heterocycles. The minimum absolute atomic E-state index is 0.291. The van der Waals surface area contributed by atoms with Gasteiger partial charge in [-0.1, -0.05) is 24.3 Å². The Labute approximate surface area is 179 Å². The van der Waals surface area contributed by atoms with Crippen molar-refractivity contribution in [3.8, 4) is 11.5 Å². The van der Waals surface area contributed by atoms with Crippen LogP contribution in [0.25, 0.3) is 10.9 Å². The van der Waals surface area contributed by atoms with Crippen LogP contribution in [0, 0.1) is 0 Å². The number of ether oxygens (including phenoxy) is 1. The molecular weight excluding hydrogens is 400 g/mol. The maximum atomic E-state index is 10.7. The smallest absolute Gasteiger partial charge is 0.508 e. The van der Waals surface area contributed by atoms with Gasteiger partial charge in [0.05, 0.1) is 0 Å². The summed E-state index contributed by atoms with van der Waals surface area (Å²) in [6.07, 6.45) is 6.13. The SMILES string of the molecule is O=C(O)Oc1ccc2c(CSCCC3NCC=CC3c3ccc(O)cc3)c[nH]c2c1. The summed E-state index contributed by atoms with van der Waals surface area (Å²) in [4.78, 5) is 13.9. The summed E-state index contributed by atoms with van der Waals surface area (Å²) in [6, 6.07) is 13.1. The van der Waals surface area contributed by atoms with E-state index in [0.29, 0.717) is 23.5 Å². The number of aromatic amines is 1. The lowest BCUT2D eigenvalue weighted by atomic mass is 9.87. The van der Waals surface area contributed by atoms with Crippen molar-refractivity contribution in [2.45, 2.75) is 24.1 Å². The molecule has 0 amide bonds. The van der Waals surface area contributed by atoms with Crippen LogP contribution >= 0.6 is 11.8 Å². The number of rotatable bonds is 7. The molecule has 3 aromatic rings. The van der Waals surface area contributed by atoms with Crippen molar-refractivity contribution in [1.82, 2.24) is 10.3 Å². The molecule has 1 aromatic heterocycles. The summed E-state index contributed by atoms with van der Waals surface area (Å²) in [5, 5.41) is 23.0. The van der Waals surface area contributed by atoms with E-state index in [0.717, 1.165) is 35.4 Å². The molecule has 6 nitrogen and oxygen atoms in total. The highest BCUT2D eigenvalue weighted by Crippen LogP contribution is 2.30. The molecule has 0 aliphatic carbocycles. The Balaban J connectivity index is 1.33. The number of thioether (sulfide) groups is 1. The Morgan fingerprint density at radius 1 is 1.20 bits per heavy atom. The summed E-state index contributed by atoms with van der Waals surface area (Å²) >= 11 is 1.88. The molecule has 1 aliphatic rings. The number of carboxylic acid groups (broad SMARTS) is 1. The molecule has 156 valence electrons. The van der Waals surface area contributed by atoms with Gasteiger partial charge in [0.15, 0.2) is 0 Å². The van der Waals surface area contributed by atoms with E-state index in [9.17, 15) is 9.90 Å². The molecule has 2 atom stereocenters. The fourth-order valence-corrected chi connectivity index (χ4v) is 4.88. The van der Waals surface area contributed by atoms with Crippen LogP contribution in [0.3, 0.4) is 0 Å². The molecule has 0 fully saturated rings. The van der Waals surface area contributed by atoms with E-state index in [1.165, 1.54) is 11.1 Å². The first kappa shape index (κ1) is 20.4. The predicted octanol–water partition coefficient (Wildman–Crippen LogP) is 4.87. The van der Waals surface area contributed by atoms with Crippen LogP contribution in [0.2, 0.25) is 0 Å². The van der Waals surface area contributed by atoms with Gasteiger partial charge in [0.2, 0.25) is 0 Å². The molecule has 2 unspecified atom stereocenters. The van der Waals surface area contributed by atoms with Crippen LogP contribution in [0.4, 0.5) is 4.79 Å². The van der Waals surface area contributed by atoms with Gasteiger partial charge < -0.3 is 25.3 Å². The normalized spacial score (nSPS) is 18.5. The number of phenolic OH excluding ortho intramolecular Hbond substituents is 1. The van der Waals surface area contributed by atoms with E-state index in [4.69, 9.17) is 9.84 Å². The number of hydrogen-bond donors (Lipinski definition) is 4. The number of aromatic nitrogens is 1. The van der Waals surface area contributed by atoms with Crippen molar-refractivity contribution in [3.05, 3.63) is 71.9 Å². The lowest BCUT2D eigenvalue weighted by molar-refractivity contribution is 0.144. The molecule has 30 heavy (non-hydrogen) atoms. The minimum Gasteiger partial charge on any atom is -0.508 e. The number of benzene rings is 2. The number of aromatic hydroxyl groups is 1. The zero-order chi connectivity index (χ0) is 20.9. The molecule has 7 heteroatoms.